The Balaban J connectivity index is 2.90. The number of benzene rings is 1. The smallest absolute Gasteiger partial charge is 0.310 e. The van der Waals surface area contributed by atoms with E-state index in [-0.39, 0.29) is 12.4 Å². The largest absolute Gasteiger partial charge is 0.469 e. The average Bonchev–Trinajstić information content (AvgIpc) is 2.20. The van der Waals surface area contributed by atoms with Crippen LogP contribution < -0.4 is 5.32 Å². The Hall–Kier alpha value is -1.22. The number of carbonyl (C=O) groups is 1. The number of ether oxygens (including phenoxy) is 1. The summed E-state index contributed by atoms with van der Waals surface area (Å²) in [6.07, 6.45) is 0.254. The van der Waals surface area contributed by atoms with Crippen LogP contribution in [0, 0.1) is 0 Å². The average molecular weight is 214 g/mol. The Morgan fingerprint density at radius 2 is 2.29 bits per heavy atom. The molecule has 1 N–H and O–H groups in total. The third-order valence-electron chi connectivity index (χ3n) is 1.90. The molecule has 0 fully saturated rings. The van der Waals surface area contributed by atoms with E-state index in [9.17, 15) is 4.79 Å². The van der Waals surface area contributed by atoms with Crippen molar-refractivity contribution in [3.05, 3.63) is 28.8 Å². The zero-order valence-electron chi connectivity index (χ0n) is 8.13. The molecular formula is C10H12ClNO2. The summed E-state index contributed by atoms with van der Waals surface area (Å²) < 4.78 is 4.58. The maximum Gasteiger partial charge on any atom is 0.310 e. The van der Waals surface area contributed by atoms with Crippen molar-refractivity contribution in [2.45, 2.75) is 6.42 Å². The number of hydrogen-bond acceptors (Lipinski definition) is 3. The van der Waals surface area contributed by atoms with Crippen molar-refractivity contribution in [2.24, 2.45) is 0 Å². The minimum atomic E-state index is -0.260. The normalized spacial score (nSPS) is 9.64. The van der Waals surface area contributed by atoms with Gasteiger partial charge >= 0.3 is 5.97 Å². The fourth-order valence-electron chi connectivity index (χ4n) is 1.16. The molecule has 76 valence electrons. The molecule has 0 aliphatic carbocycles. The standard InChI is InChI=1S/C10H12ClNO2/c1-12-9-6-8(11)4-3-7(9)5-10(13)14-2/h3-4,6,12H,5H2,1-2H3. The molecule has 1 aromatic rings. The van der Waals surface area contributed by atoms with Gasteiger partial charge in [0.1, 0.15) is 0 Å². The van der Waals surface area contributed by atoms with E-state index in [1.807, 2.05) is 6.07 Å². The number of halogens is 1. The Morgan fingerprint density at radius 3 is 2.86 bits per heavy atom. The quantitative estimate of drug-likeness (QED) is 0.782. The number of nitrogens with one attached hydrogen (secondary N) is 1. The summed E-state index contributed by atoms with van der Waals surface area (Å²) in [5, 5.41) is 3.62. The van der Waals surface area contributed by atoms with Crippen LogP contribution in [0.1, 0.15) is 5.56 Å². The number of rotatable bonds is 3. The summed E-state index contributed by atoms with van der Waals surface area (Å²) >= 11 is 5.81. The van der Waals surface area contributed by atoms with Crippen LogP contribution in [0.4, 0.5) is 5.69 Å². The van der Waals surface area contributed by atoms with Crippen molar-refractivity contribution in [1.82, 2.24) is 0 Å². The van der Waals surface area contributed by atoms with E-state index in [1.165, 1.54) is 7.11 Å². The molecule has 0 aliphatic rings. The topological polar surface area (TPSA) is 38.3 Å². The first-order valence-corrected chi connectivity index (χ1v) is 4.58. The van der Waals surface area contributed by atoms with Gasteiger partial charge in [-0.3, -0.25) is 4.79 Å². The van der Waals surface area contributed by atoms with Gasteiger partial charge < -0.3 is 10.1 Å². The minimum absolute atomic E-state index is 0.254. The summed E-state index contributed by atoms with van der Waals surface area (Å²) in [5.41, 5.74) is 1.73. The van der Waals surface area contributed by atoms with Crippen molar-refractivity contribution in [1.29, 1.82) is 0 Å². The van der Waals surface area contributed by atoms with Crippen LogP contribution in [0.2, 0.25) is 5.02 Å². The molecule has 4 heteroatoms. The van der Waals surface area contributed by atoms with Gasteiger partial charge in [-0.1, -0.05) is 17.7 Å². The van der Waals surface area contributed by atoms with Crippen LogP contribution in [-0.4, -0.2) is 20.1 Å². The lowest BCUT2D eigenvalue weighted by Crippen LogP contribution is -2.06. The third-order valence-corrected chi connectivity index (χ3v) is 2.14. The monoisotopic (exact) mass is 213 g/mol. The van der Waals surface area contributed by atoms with E-state index in [2.05, 4.69) is 10.1 Å². The van der Waals surface area contributed by atoms with E-state index in [0.29, 0.717) is 5.02 Å². The summed E-state index contributed by atoms with van der Waals surface area (Å²) in [6.45, 7) is 0. The van der Waals surface area contributed by atoms with Crippen LogP contribution in [0.3, 0.4) is 0 Å². The van der Waals surface area contributed by atoms with Gasteiger partial charge in [0.2, 0.25) is 0 Å². The van der Waals surface area contributed by atoms with E-state index in [4.69, 9.17) is 11.6 Å². The highest BCUT2D eigenvalue weighted by atomic mass is 35.5. The molecule has 1 rings (SSSR count). The second-order valence-electron chi connectivity index (χ2n) is 2.80. The highest BCUT2D eigenvalue weighted by Crippen LogP contribution is 2.21. The molecule has 14 heavy (non-hydrogen) atoms. The first-order chi connectivity index (χ1) is 6.67. The van der Waals surface area contributed by atoms with Crippen LogP contribution in [-0.2, 0) is 16.0 Å². The molecule has 0 amide bonds. The fraction of sp³-hybridized carbons (Fsp3) is 0.300. The second-order valence-corrected chi connectivity index (χ2v) is 3.24. The molecule has 3 nitrogen and oxygen atoms in total. The van der Waals surface area contributed by atoms with Gasteiger partial charge in [0.05, 0.1) is 13.5 Å². The van der Waals surface area contributed by atoms with Crippen LogP contribution >= 0.6 is 11.6 Å². The summed E-state index contributed by atoms with van der Waals surface area (Å²) in [4.78, 5) is 11.1. The van der Waals surface area contributed by atoms with Crippen molar-refractivity contribution < 1.29 is 9.53 Å². The lowest BCUT2D eigenvalue weighted by Gasteiger charge is -2.08. The Labute approximate surface area is 88.0 Å². The summed E-state index contributed by atoms with van der Waals surface area (Å²) in [7, 11) is 3.16. The lowest BCUT2D eigenvalue weighted by atomic mass is 10.1. The molecule has 0 saturated heterocycles. The van der Waals surface area contributed by atoms with Gasteiger partial charge in [0, 0.05) is 17.8 Å². The molecule has 0 aromatic heterocycles. The predicted octanol–water partition coefficient (Wildman–Crippen LogP) is 2.10. The Kier molecular flexibility index (Phi) is 3.77. The van der Waals surface area contributed by atoms with E-state index < -0.39 is 0 Å². The van der Waals surface area contributed by atoms with Crippen molar-refractivity contribution in [3.63, 3.8) is 0 Å². The number of carbonyl (C=O) groups excluding carboxylic acids is 1. The number of methoxy groups -OCH3 is 1. The fourth-order valence-corrected chi connectivity index (χ4v) is 1.34. The highest BCUT2D eigenvalue weighted by Gasteiger charge is 2.07. The molecule has 0 unspecified atom stereocenters. The molecule has 0 bridgehead atoms. The van der Waals surface area contributed by atoms with E-state index in [0.717, 1.165) is 11.3 Å². The number of esters is 1. The van der Waals surface area contributed by atoms with Gasteiger partial charge in [0.15, 0.2) is 0 Å². The van der Waals surface area contributed by atoms with Crippen molar-refractivity contribution in [2.75, 3.05) is 19.5 Å². The van der Waals surface area contributed by atoms with Gasteiger partial charge in [-0.05, 0) is 17.7 Å². The third kappa shape index (κ3) is 2.64. The van der Waals surface area contributed by atoms with Crippen LogP contribution in [0.15, 0.2) is 18.2 Å². The number of anilines is 1. The minimum Gasteiger partial charge on any atom is -0.469 e. The maximum atomic E-state index is 11.1. The summed E-state index contributed by atoms with van der Waals surface area (Å²) in [6, 6.07) is 5.34. The van der Waals surface area contributed by atoms with Crippen LogP contribution in [0.5, 0.6) is 0 Å². The first-order valence-electron chi connectivity index (χ1n) is 4.20. The van der Waals surface area contributed by atoms with Gasteiger partial charge in [-0.15, -0.1) is 0 Å². The SMILES string of the molecule is CNc1cc(Cl)ccc1CC(=O)OC. The molecule has 0 radical (unpaired) electrons. The maximum absolute atomic E-state index is 11.1. The molecule has 0 heterocycles. The first kappa shape index (κ1) is 10.9. The molecule has 0 atom stereocenters. The van der Waals surface area contributed by atoms with Crippen molar-refractivity contribution >= 4 is 23.3 Å². The van der Waals surface area contributed by atoms with Gasteiger partial charge in [-0.2, -0.15) is 0 Å². The zero-order valence-corrected chi connectivity index (χ0v) is 8.89. The van der Waals surface area contributed by atoms with E-state index >= 15 is 0 Å². The molecule has 0 spiro atoms. The summed E-state index contributed by atoms with van der Waals surface area (Å²) in [5.74, 6) is -0.260. The van der Waals surface area contributed by atoms with Gasteiger partial charge in [-0.25, -0.2) is 0 Å². The van der Waals surface area contributed by atoms with Gasteiger partial charge in [0.25, 0.3) is 0 Å². The highest BCUT2D eigenvalue weighted by molar-refractivity contribution is 6.30. The lowest BCUT2D eigenvalue weighted by molar-refractivity contribution is -0.139. The van der Waals surface area contributed by atoms with E-state index in [1.54, 1.807) is 19.2 Å². The molecule has 1 aromatic carbocycles. The molecule has 0 saturated carbocycles. The Bertz CT molecular complexity index is 339. The molecule has 0 aliphatic heterocycles. The predicted molar refractivity (Wildman–Crippen MR) is 56.7 cm³/mol. The molecular weight excluding hydrogens is 202 g/mol. The van der Waals surface area contributed by atoms with Crippen LogP contribution in [0.25, 0.3) is 0 Å². The van der Waals surface area contributed by atoms with Crippen molar-refractivity contribution in [3.8, 4) is 0 Å². The zero-order chi connectivity index (χ0) is 10.6. The second kappa shape index (κ2) is 4.86. The number of hydrogen-bond donors (Lipinski definition) is 1. The Morgan fingerprint density at radius 1 is 1.57 bits per heavy atom.